The molecule has 116 valence electrons. The molecule has 0 saturated carbocycles. The minimum Gasteiger partial charge on any atom is -0.358 e. The fourth-order valence-corrected chi connectivity index (χ4v) is 3.79. The summed E-state index contributed by atoms with van der Waals surface area (Å²) in [6.07, 6.45) is 2.84. The maximum atomic E-state index is 12.4. The van der Waals surface area contributed by atoms with Gasteiger partial charge in [0.1, 0.15) is 0 Å². The third-order valence-electron chi connectivity index (χ3n) is 4.52. The van der Waals surface area contributed by atoms with E-state index in [4.69, 9.17) is 0 Å². The van der Waals surface area contributed by atoms with Crippen molar-refractivity contribution in [3.63, 3.8) is 0 Å². The average molecular weight is 369 g/mol. The number of aromatic amines is 1. The first-order valence-corrected chi connectivity index (χ1v) is 8.65. The molecular weight excluding hydrogens is 352 g/mol. The number of nitrogens with one attached hydrogen (secondary N) is 2. The van der Waals surface area contributed by atoms with Gasteiger partial charge in [-0.25, -0.2) is 0 Å². The van der Waals surface area contributed by atoms with E-state index >= 15 is 0 Å². The van der Waals surface area contributed by atoms with Crippen LogP contribution in [0.4, 0.5) is 0 Å². The van der Waals surface area contributed by atoms with E-state index in [1.165, 1.54) is 22.2 Å². The number of amides is 1. The summed E-state index contributed by atoms with van der Waals surface area (Å²) in [7, 11) is 0. The summed E-state index contributed by atoms with van der Waals surface area (Å²) in [5.74, 6) is -0.000378. The topological polar surface area (TPSA) is 44.9 Å². The number of benzene rings is 2. The van der Waals surface area contributed by atoms with Gasteiger partial charge in [0.05, 0.1) is 0 Å². The largest absolute Gasteiger partial charge is 0.358 e. The van der Waals surface area contributed by atoms with Crippen LogP contribution in [0.5, 0.6) is 0 Å². The first kappa shape index (κ1) is 14.5. The van der Waals surface area contributed by atoms with Gasteiger partial charge in [0.2, 0.25) is 0 Å². The Labute approximate surface area is 143 Å². The molecule has 1 aliphatic carbocycles. The molecule has 1 aliphatic rings. The number of rotatable bonds is 2. The lowest BCUT2D eigenvalue weighted by atomic mass is 9.91. The van der Waals surface area contributed by atoms with Crippen LogP contribution < -0.4 is 5.32 Å². The van der Waals surface area contributed by atoms with Gasteiger partial charge in [0, 0.05) is 32.7 Å². The van der Waals surface area contributed by atoms with Crippen LogP contribution in [0.3, 0.4) is 0 Å². The number of aromatic nitrogens is 1. The lowest BCUT2D eigenvalue weighted by Gasteiger charge is -2.23. The maximum Gasteiger partial charge on any atom is 0.251 e. The number of hydrogen-bond donors (Lipinski definition) is 2. The highest BCUT2D eigenvalue weighted by Crippen LogP contribution is 2.29. The van der Waals surface area contributed by atoms with Crippen LogP contribution in [0.1, 0.15) is 28.0 Å². The Morgan fingerprint density at radius 1 is 1.17 bits per heavy atom. The van der Waals surface area contributed by atoms with Crippen LogP contribution in [0.2, 0.25) is 0 Å². The molecule has 0 fully saturated rings. The minimum atomic E-state index is -0.000378. The maximum absolute atomic E-state index is 12.4. The second-order valence-corrected chi connectivity index (χ2v) is 6.97. The fourth-order valence-electron chi connectivity index (χ4n) is 3.39. The summed E-state index contributed by atoms with van der Waals surface area (Å²) in [5, 5.41) is 4.47. The molecule has 1 aromatic heterocycles. The van der Waals surface area contributed by atoms with Gasteiger partial charge in [-0.15, -0.1) is 0 Å². The van der Waals surface area contributed by atoms with Gasteiger partial charge in [-0.05, 0) is 49.1 Å². The highest BCUT2D eigenvalue weighted by molar-refractivity contribution is 9.10. The Morgan fingerprint density at radius 2 is 2.04 bits per heavy atom. The van der Waals surface area contributed by atoms with Gasteiger partial charge < -0.3 is 10.3 Å². The number of hydrogen-bond acceptors (Lipinski definition) is 1. The smallest absolute Gasteiger partial charge is 0.251 e. The van der Waals surface area contributed by atoms with Crippen molar-refractivity contribution in [2.75, 3.05) is 0 Å². The zero-order chi connectivity index (χ0) is 15.8. The molecule has 0 aliphatic heterocycles. The van der Waals surface area contributed by atoms with Crippen molar-refractivity contribution in [3.05, 3.63) is 69.8 Å². The molecule has 2 aromatic carbocycles. The SMILES string of the molecule is O=C(NC1CCc2[nH]c3ccccc3c2C1)c1cccc(Br)c1. The zero-order valence-electron chi connectivity index (χ0n) is 12.6. The molecule has 3 nitrogen and oxygen atoms in total. The molecule has 0 spiro atoms. The lowest BCUT2D eigenvalue weighted by molar-refractivity contribution is 0.0933. The standard InChI is InChI=1S/C19H17BrN2O/c20-13-5-3-4-12(10-13)19(23)21-14-8-9-18-16(11-14)15-6-1-2-7-17(15)22-18/h1-7,10,14,22H,8-9,11H2,(H,21,23). The van der Waals surface area contributed by atoms with E-state index in [0.29, 0.717) is 5.56 Å². The van der Waals surface area contributed by atoms with E-state index < -0.39 is 0 Å². The van der Waals surface area contributed by atoms with E-state index in [9.17, 15) is 4.79 Å². The molecule has 0 saturated heterocycles. The van der Waals surface area contributed by atoms with Crippen LogP contribution in [0.15, 0.2) is 53.0 Å². The van der Waals surface area contributed by atoms with Crippen molar-refractivity contribution in [2.24, 2.45) is 0 Å². The van der Waals surface area contributed by atoms with E-state index in [-0.39, 0.29) is 11.9 Å². The van der Waals surface area contributed by atoms with Crippen LogP contribution in [-0.2, 0) is 12.8 Å². The van der Waals surface area contributed by atoms with Crippen molar-refractivity contribution < 1.29 is 4.79 Å². The van der Waals surface area contributed by atoms with Crippen LogP contribution >= 0.6 is 15.9 Å². The van der Waals surface area contributed by atoms with Gasteiger partial charge in [-0.1, -0.05) is 40.2 Å². The highest BCUT2D eigenvalue weighted by atomic mass is 79.9. The summed E-state index contributed by atoms with van der Waals surface area (Å²) in [4.78, 5) is 15.9. The number of carbonyl (C=O) groups is 1. The molecular formula is C19H17BrN2O. The van der Waals surface area contributed by atoms with E-state index in [0.717, 1.165) is 23.7 Å². The molecule has 1 amide bonds. The highest BCUT2D eigenvalue weighted by Gasteiger charge is 2.23. The van der Waals surface area contributed by atoms with Gasteiger partial charge in [0.25, 0.3) is 5.91 Å². The van der Waals surface area contributed by atoms with Crippen LogP contribution in [-0.4, -0.2) is 16.9 Å². The number of para-hydroxylation sites is 1. The van der Waals surface area contributed by atoms with E-state index in [1.807, 2.05) is 24.3 Å². The summed E-state index contributed by atoms with van der Waals surface area (Å²) < 4.78 is 0.924. The van der Waals surface area contributed by atoms with Gasteiger partial charge >= 0.3 is 0 Å². The third kappa shape index (κ3) is 2.79. The molecule has 0 radical (unpaired) electrons. The van der Waals surface area contributed by atoms with Crippen LogP contribution in [0, 0.1) is 0 Å². The van der Waals surface area contributed by atoms with Crippen molar-refractivity contribution >= 4 is 32.7 Å². The van der Waals surface area contributed by atoms with Crippen molar-refractivity contribution in [3.8, 4) is 0 Å². The summed E-state index contributed by atoms with van der Waals surface area (Å²) >= 11 is 3.41. The number of carbonyl (C=O) groups excluding carboxylic acids is 1. The minimum absolute atomic E-state index is 0.000378. The summed E-state index contributed by atoms with van der Waals surface area (Å²) in [5.41, 5.74) is 4.56. The average Bonchev–Trinajstić information content (AvgIpc) is 2.93. The van der Waals surface area contributed by atoms with E-state index in [1.54, 1.807) is 0 Å². The quantitative estimate of drug-likeness (QED) is 0.698. The molecule has 23 heavy (non-hydrogen) atoms. The van der Waals surface area contributed by atoms with Gasteiger partial charge in [0.15, 0.2) is 0 Å². The molecule has 2 N–H and O–H groups in total. The Bertz CT molecular complexity index is 884. The van der Waals surface area contributed by atoms with Crippen LogP contribution in [0.25, 0.3) is 10.9 Å². The Balaban J connectivity index is 1.55. The molecule has 1 unspecified atom stereocenters. The second kappa shape index (κ2) is 5.85. The molecule has 4 rings (SSSR count). The zero-order valence-corrected chi connectivity index (χ0v) is 14.2. The predicted molar refractivity (Wildman–Crippen MR) is 95.7 cm³/mol. The third-order valence-corrected chi connectivity index (χ3v) is 5.01. The van der Waals surface area contributed by atoms with Gasteiger partial charge in [-0.3, -0.25) is 4.79 Å². The molecule has 0 bridgehead atoms. The lowest BCUT2D eigenvalue weighted by Crippen LogP contribution is -2.38. The number of H-pyrrole nitrogens is 1. The molecule has 1 atom stereocenters. The monoisotopic (exact) mass is 368 g/mol. The van der Waals surface area contributed by atoms with Crippen molar-refractivity contribution in [2.45, 2.75) is 25.3 Å². The summed E-state index contributed by atoms with van der Waals surface area (Å²) in [6.45, 7) is 0. The Hall–Kier alpha value is -2.07. The first-order chi connectivity index (χ1) is 11.2. The number of aryl methyl sites for hydroxylation is 1. The first-order valence-electron chi connectivity index (χ1n) is 7.85. The van der Waals surface area contributed by atoms with E-state index in [2.05, 4.69) is 50.5 Å². The Kier molecular flexibility index (Phi) is 3.69. The fraction of sp³-hybridized carbons (Fsp3) is 0.211. The number of fused-ring (bicyclic) bond motifs is 3. The van der Waals surface area contributed by atoms with Crippen molar-refractivity contribution in [1.29, 1.82) is 0 Å². The normalized spacial score (nSPS) is 17.0. The molecule has 3 aromatic rings. The summed E-state index contributed by atoms with van der Waals surface area (Å²) in [6, 6.07) is 16.1. The Morgan fingerprint density at radius 3 is 2.91 bits per heavy atom. The molecule has 1 heterocycles. The molecule has 4 heteroatoms. The van der Waals surface area contributed by atoms with Gasteiger partial charge in [-0.2, -0.15) is 0 Å². The number of halogens is 1. The second-order valence-electron chi connectivity index (χ2n) is 6.05. The van der Waals surface area contributed by atoms with Crippen molar-refractivity contribution in [1.82, 2.24) is 10.3 Å². The predicted octanol–water partition coefficient (Wildman–Crippen LogP) is 4.22.